The molecular weight excluding hydrogens is 202 g/mol. The first-order valence-electron chi connectivity index (χ1n) is 5.64. The van der Waals surface area contributed by atoms with Crippen LogP contribution in [0.5, 0.6) is 0 Å². The van der Waals surface area contributed by atoms with Crippen molar-refractivity contribution in [1.82, 2.24) is 4.90 Å². The summed E-state index contributed by atoms with van der Waals surface area (Å²) in [5, 5.41) is 9.34. The zero-order valence-corrected chi connectivity index (χ0v) is 9.52. The van der Waals surface area contributed by atoms with Gasteiger partial charge in [0.1, 0.15) is 0 Å². The minimum Gasteiger partial charge on any atom is -0.392 e. The highest BCUT2D eigenvalue weighted by molar-refractivity contribution is 5.48. The lowest BCUT2D eigenvalue weighted by molar-refractivity contribution is -0.117. The number of aliphatic hydroxyl groups is 1. The molecule has 1 atom stereocenters. The van der Waals surface area contributed by atoms with E-state index in [0.717, 1.165) is 37.0 Å². The minimum absolute atomic E-state index is 0.0780. The standard InChI is InChI=1S/C13H17NO2/c1-10-2-3-13(12(6-10)8-15)11-4-5-14(7-11)9-16/h2-3,6,9,11,15H,4-5,7-8H2,1H3. The van der Waals surface area contributed by atoms with Gasteiger partial charge < -0.3 is 10.0 Å². The van der Waals surface area contributed by atoms with Crippen LogP contribution in [0.4, 0.5) is 0 Å². The molecule has 0 bridgehead atoms. The summed E-state index contributed by atoms with van der Waals surface area (Å²) in [5.41, 5.74) is 3.35. The Morgan fingerprint density at radius 1 is 1.56 bits per heavy atom. The van der Waals surface area contributed by atoms with Gasteiger partial charge in [-0.2, -0.15) is 0 Å². The minimum atomic E-state index is 0.0780. The molecule has 16 heavy (non-hydrogen) atoms. The Hall–Kier alpha value is -1.35. The normalized spacial score (nSPS) is 20.1. The van der Waals surface area contributed by atoms with Crippen molar-refractivity contribution in [1.29, 1.82) is 0 Å². The molecule has 1 saturated heterocycles. The second-order valence-electron chi connectivity index (χ2n) is 4.45. The summed E-state index contributed by atoms with van der Waals surface area (Å²) in [4.78, 5) is 12.5. The molecule has 0 spiro atoms. The van der Waals surface area contributed by atoms with E-state index in [9.17, 15) is 9.90 Å². The third kappa shape index (κ3) is 2.09. The second kappa shape index (κ2) is 4.66. The number of likely N-dealkylation sites (tertiary alicyclic amines) is 1. The molecule has 2 rings (SSSR count). The zero-order chi connectivity index (χ0) is 11.5. The van der Waals surface area contributed by atoms with E-state index in [0.29, 0.717) is 5.92 Å². The van der Waals surface area contributed by atoms with E-state index in [1.54, 1.807) is 4.90 Å². The van der Waals surface area contributed by atoms with E-state index in [1.165, 1.54) is 5.56 Å². The monoisotopic (exact) mass is 219 g/mol. The molecule has 1 amide bonds. The van der Waals surface area contributed by atoms with Gasteiger partial charge in [-0.3, -0.25) is 4.79 Å². The van der Waals surface area contributed by atoms with Gasteiger partial charge in [0.2, 0.25) is 6.41 Å². The fourth-order valence-corrected chi connectivity index (χ4v) is 2.41. The van der Waals surface area contributed by atoms with Gasteiger partial charge in [-0.1, -0.05) is 23.8 Å². The van der Waals surface area contributed by atoms with Crippen LogP contribution >= 0.6 is 0 Å². The third-order valence-corrected chi connectivity index (χ3v) is 3.28. The summed E-state index contributed by atoms with van der Waals surface area (Å²) >= 11 is 0. The van der Waals surface area contributed by atoms with Crippen molar-refractivity contribution >= 4 is 6.41 Å². The van der Waals surface area contributed by atoms with E-state index in [1.807, 2.05) is 13.0 Å². The Morgan fingerprint density at radius 2 is 2.38 bits per heavy atom. The van der Waals surface area contributed by atoms with Gasteiger partial charge in [-0.05, 0) is 24.5 Å². The third-order valence-electron chi connectivity index (χ3n) is 3.28. The molecule has 1 aromatic carbocycles. The number of benzene rings is 1. The fourth-order valence-electron chi connectivity index (χ4n) is 2.41. The highest BCUT2D eigenvalue weighted by Crippen LogP contribution is 2.29. The summed E-state index contributed by atoms with van der Waals surface area (Å²) in [7, 11) is 0. The molecule has 1 aromatic rings. The summed E-state index contributed by atoms with van der Waals surface area (Å²) in [6.45, 7) is 3.70. The van der Waals surface area contributed by atoms with Crippen LogP contribution in [0.25, 0.3) is 0 Å². The van der Waals surface area contributed by atoms with Crippen LogP contribution in [0, 0.1) is 6.92 Å². The Morgan fingerprint density at radius 3 is 3.00 bits per heavy atom. The maximum atomic E-state index is 10.7. The Balaban J connectivity index is 2.23. The predicted octanol–water partition coefficient (Wildman–Crippen LogP) is 1.43. The fraction of sp³-hybridized carbons (Fsp3) is 0.462. The van der Waals surface area contributed by atoms with Gasteiger partial charge >= 0.3 is 0 Å². The van der Waals surface area contributed by atoms with Crippen LogP contribution in [-0.2, 0) is 11.4 Å². The van der Waals surface area contributed by atoms with E-state index >= 15 is 0 Å². The van der Waals surface area contributed by atoms with E-state index in [-0.39, 0.29) is 6.61 Å². The van der Waals surface area contributed by atoms with Crippen molar-refractivity contribution in [3.63, 3.8) is 0 Å². The van der Waals surface area contributed by atoms with Crippen LogP contribution in [0.15, 0.2) is 18.2 Å². The predicted molar refractivity (Wildman–Crippen MR) is 62.1 cm³/mol. The van der Waals surface area contributed by atoms with Crippen molar-refractivity contribution < 1.29 is 9.90 Å². The molecule has 1 unspecified atom stereocenters. The smallest absolute Gasteiger partial charge is 0.209 e. The molecule has 0 saturated carbocycles. The highest BCUT2D eigenvalue weighted by Gasteiger charge is 2.24. The first kappa shape index (κ1) is 11.1. The Bertz CT molecular complexity index is 390. The van der Waals surface area contributed by atoms with Crippen LogP contribution in [0.3, 0.4) is 0 Å². The first-order valence-corrected chi connectivity index (χ1v) is 5.64. The molecule has 86 valence electrons. The molecule has 0 aliphatic carbocycles. The largest absolute Gasteiger partial charge is 0.392 e. The van der Waals surface area contributed by atoms with Gasteiger partial charge in [0.15, 0.2) is 0 Å². The van der Waals surface area contributed by atoms with Crippen molar-refractivity contribution in [2.24, 2.45) is 0 Å². The maximum absolute atomic E-state index is 10.7. The highest BCUT2D eigenvalue weighted by atomic mass is 16.3. The van der Waals surface area contributed by atoms with Crippen LogP contribution in [0.1, 0.15) is 29.0 Å². The zero-order valence-electron chi connectivity index (χ0n) is 9.52. The van der Waals surface area contributed by atoms with Crippen molar-refractivity contribution in [2.75, 3.05) is 13.1 Å². The summed E-state index contributed by atoms with van der Waals surface area (Å²) in [5.74, 6) is 0.382. The van der Waals surface area contributed by atoms with Crippen molar-refractivity contribution in [2.45, 2.75) is 25.9 Å². The number of hydrogen-bond acceptors (Lipinski definition) is 2. The average Bonchev–Trinajstić information content (AvgIpc) is 2.77. The topological polar surface area (TPSA) is 40.5 Å². The number of carbonyl (C=O) groups is 1. The van der Waals surface area contributed by atoms with E-state index in [2.05, 4.69) is 12.1 Å². The molecule has 0 aromatic heterocycles. The molecule has 1 aliphatic heterocycles. The van der Waals surface area contributed by atoms with Crippen molar-refractivity contribution in [3.05, 3.63) is 34.9 Å². The number of rotatable bonds is 3. The molecule has 1 fully saturated rings. The van der Waals surface area contributed by atoms with E-state index < -0.39 is 0 Å². The SMILES string of the molecule is Cc1ccc(C2CCN(C=O)C2)c(CO)c1. The summed E-state index contributed by atoms with van der Waals surface area (Å²) in [6.07, 6.45) is 1.90. The first-order chi connectivity index (χ1) is 7.74. The van der Waals surface area contributed by atoms with E-state index in [4.69, 9.17) is 0 Å². The molecule has 3 nitrogen and oxygen atoms in total. The second-order valence-corrected chi connectivity index (χ2v) is 4.45. The number of hydrogen-bond donors (Lipinski definition) is 1. The molecule has 1 aliphatic rings. The quantitative estimate of drug-likeness (QED) is 0.781. The lowest BCUT2D eigenvalue weighted by Crippen LogP contribution is -2.17. The maximum Gasteiger partial charge on any atom is 0.209 e. The van der Waals surface area contributed by atoms with Gasteiger partial charge in [-0.15, -0.1) is 0 Å². The number of aliphatic hydroxyl groups excluding tert-OH is 1. The number of nitrogens with zero attached hydrogens (tertiary/aromatic N) is 1. The Kier molecular flexibility index (Phi) is 3.25. The van der Waals surface area contributed by atoms with Crippen LogP contribution in [0.2, 0.25) is 0 Å². The van der Waals surface area contributed by atoms with Gasteiger partial charge in [-0.25, -0.2) is 0 Å². The summed E-state index contributed by atoms with van der Waals surface area (Å²) < 4.78 is 0. The molecule has 1 heterocycles. The average molecular weight is 219 g/mol. The number of carbonyl (C=O) groups excluding carboxylic acids is 1. The van der Waals surface area contributed by atoms with Gasteiger partial charge in [0.05, 0.1) is 6.61 Å². The lowest BCUT2D eigenvalue weighted by atomic mass is 9.92. The number of amides is 1. The van der Waals surface area contributed by atoms with Gasteiger partial charge in [0, 0.05) is 19.0 Å². The Labute approximate surface area is 95.7 Å². The molecular formula is C13H17NO2. The molecule has 3 heteroatoms. The van der Waals surface area contributed by atoms with Crippen molar-refractivity contribution in [3.8, 4) is 0 Å². The van der Waals surface area contributed by atoms with Crippen LogP contribution < -0.4 is 0 Å². The molecule has 1 N–H and O–H groups in total. The summed E-state index contributed by atoms with van der Waals surface area (Å²) in [6, 6.07) is 6.18. The van der Waals surface area contributed by atoms with Gasteiger partial charge in [0.25, 0.3) is 0 Å². The van der Waals surface area contributed by atoms with Crippen LogP contribution in [-0.4, -0.2) is 29.5 Å². The lowest BCUT2D eigenvalue weighted by Gasteiger charge is -2.15. The number of aryl methyl sites for hydroxylation is 1. The molecule has 0 radical (unpaired) electrons.